The molecular weight excluding hydrogens is 314 g/mol. The number of para-hydroxylation sites is 1. The van der Waals surface area contributed by atoms with Crippen LogP contribution in [0.2, 0.25) is 5.15 Å². The number of benzene rings is 1. The molecule has 3 heterocycles. The van der Waals surface area contributed by atoms with Crippen molar-refractivity contribution in [2.24, 2.45) is 5.73 Å². The average molecular weight is 332 g/mol. The van der Waals surface area contributed by atoms with Crippen LogP contribution in [-0.2, 0) is 4.74 Å². The summed E-state index contributed by atoms with van der Waals surface area (Å²) in [5, 5.41) is 0.447. The summed E-state index contributed by atoms with van der Waals surface area (Å²) >= 11 is 6.43. The highest BCUT2D eigenvalue weighted by Gasteiger charge is 2.33. The molecule has 2 aliphatic rings. The maximum Gasteiger partial charge on any atom is 0.228 e. The third-order valence-electron chi connectivity index (χ3n) is 4.23. The molecule has 2 N–H and O–H groups in total. The molecule has 2 aromatic rings. The van der Waals surface area contributed by atoms with E-state index in [1.54, 1.807) is 0 Å². The largest absolute Gasteiger partial charge is 0.378 e. The molecule has 1 fully saturated rings. The summed E-state index contributed by atoms with van der Waals surface area (Å²) in [6.07, 6.45) is 0. The number of nitrogens with zero attached hydrogens (tertiary/aromatic N) is 4. The standard InChI is InChI=1S/C16H18ClN5O/c17-14-13-12(18)10-22(11-4-2-1-3-5-11)15(13)20-16(19-14)21-6-8-23-9-7-21/h1-5,12H,6-10,18H2. The quantitative estimate of drug-likeness (QED) is 0.850. The second-order valence-electron chi connectivity index (χ2n) is 5.70. The van der Waals surface area contributed by atoms with Gasteiger partial charge in [-0.2, -0.15) is 4.98 Å². The molecular formula is C16H18ClN5O. The van der Waals surface area contributed by atoms with Gasteiger partial charge in [-0.25, -0.2) is 4.98 Å². The van der Waals surface area contributed by atoms with E-state index in [1.807, 2.05) is 30.3 Å². The third kappa shape index (κ3) is 2.63. The van der Waals surface area contributed by atoms with E-state index in [9.17, 15) is 0 Å². The summed E-state index contributed by atoms with van der Waals surface area (Å²) in [7, 11) is 0. The van der Waals surface area contributed by atoms with E-state index in [4.69, 9.17) is 27.1 Å². The molecule has 1 aromatic carbocycles. The van der Waals surface area contributed by atoms with Crippen LogP contribution < -0.4 is 15.5 Å². The molecule has 0 amide bonds. The van der Waals surface area contributed by atoms with Crippen LogP contribution in [0.5, 0.6) is 0 Å². The number of fused-ring (bicyclic) bond motifs is 1. The Kier molecular flexibility index (Phi) is 3.80. The summed E-state index contributed by atoms with van der Waals surface area (Å²) in [5.41, 5.74) is 8.15. The summed E-state index contributed by atoms with van der Waals surface area (Å²) in [6.45, 7) is 3.55. The Hall–Kier alpha value is -1.89. The van der Waals surface area contributed by atoms with Crippen molar-refractivity contribution in [3.05, 3.63) is 41.0 Å². The third-order valence-corrected chi connectivity index (χ3v) is 4.52. The van der Waals surface area contributed by atoms with Crippen LogP contribution in [0.1, 0.15) is 11.6 Å². The maximum absolute atomic E-state index is 6.43. The fraction of sp³-hybridized carbons (Fsp3) is 0.375. The van der Waals surface area contributed by atoms with Crippen LogP contribution in [0.25, 0.3) is 0 Å². The highest BCUT2D eigenvalue weighted by atomic mass is 35.5. The van der Waals surface area contributed by atoms with E-state index < -0.39 is 0 Å². The lowest BCUT2D eigenvalue weighted by molar-refractivity contribution is 0.122. The zero-order chi connectivity index (χ0) is 15.8. The lowest BCUT2D eigenvalue weighted by Gasteiger charge is -2.28. The minimum Gasteiger partial charge on any atom is -0.378 e. The highest BCUT2D eigenvalue weighted by molar-refractivity contribution is 6.30. The fourth-order valence-electron chi connectivity index (χ4n) is 3.06. The Morgan fingerprint density at radius 1 is 1.13 bits per heavy atom. The second-order valence-corrected chi connectivity index (χ2v) is 6.06. The first-order chi connectivity index (χ1) is 11.2. The van der Waals surface area contributed by atoms with Crippen LogP contribution >= 0.6 is 11.6 Å². The van der Waals surface area contributed by atoms with Crippen molar-refractivity contribution in [1.82, 2.24) is 9.97 Å². The number of rotatable bonds is 2. The van der Waals surface area contributed by atoms with Crippen LogP contribution in [0.4, 0.5) is 17.5 Å². The van der Waals surface area contributed by atoms with Crippen molar-refractivity contribution < 1.29 is 4.74 Å². The smallest absolute Gasteiger partial charge is 0.228 e. The fourth-order valence-corrected chi connectivity index (χ4v) is 3.36. The van der Waals surface area contributed by atoms with Crippen molar-refractivity contribution in [1.29, 1.82) is 0 Å². The van der Waals surface area contributed by atoms with Crippen molar-refractivity contribution in [3.8, 4) is 0 Å². The van der Waals surface area contributed by atoms with Gasteiger partial charge in [0.05, 0.1) is 24.8 Å². The van der Waals surface area contributed by atoms with Gasteiger partial charge in [0.25, 0.3) is 0 Å². The first-order valence-electron chi connectivity index (χ1n) is 7.72. The van der Waals surface area contributed by atoms with Gasteiger partial charge in [-0.15, -0.1) is 0 Å². The first-order valence-corrected chi connectivity index (χ1v) is 8.10. The van der Waals surface area contributed by atoms with Crippen LogP contribution in [0.3, 0.4) is 0 Å². The zero-order valence-corrected chi connectivity index (χ0v) is 13.4. The summed E-state index contributed by atoms with van der Waals surface area (Å²) in [6, 6.07) is 9.91. The normalized spacial score (nSPS) is 20.7. The molecule has 1 saturated heterocycles. The molecule has 120 valence electrons. The molecule has 1 aromatic heterocycles. The van der Waals surface area contributed by atoms with Gasteiger partial charge in [-0.3, -0.25) is 0 Å². The van der Waals surface area contributed by atoms with Gasteiger partial charge in [0.1, 0.15) is 11.0 Å². The molecule has 1 atom stereocenters. The van der Waals surface area contributed by atoms with Crippen molar-refractivity contribution >= 4 is 29.1 Å². The number of halogens is 1. The van der Waals surface area contributed by atoms with Gasteiger partial charge >= 0.3 is 0 Å². The summed E-state index contributed by atoms with van der Waals surface area (Å²) < 4.78 is 5.39. The van der Waals surface area contributed by atoms with Gasteiger partial charge < -0.3 is 20.3 Å². The van der Waals surface area contributed by atoms with E-state index in [0.717, 1.165) is 30.2 Å². The van der Waals surface area contributed by atoms with E-state index in [-0.39, 0.29) is 6.04 Å². The second kappa shape index (κ2) is 5.96. The number of morpholine rings is 1. The Labute approximate surface area is 139 Å². The number of ether oxygens (including phenoxy) is 1. The lowest BCUT2D eigenvalue weighted by atomic mass is 10.2. The minimum atomic E-state index is -0.184. The molecule has 6 nitrogen and oxygen atoms in total. The Bertz CT molecular complexity index is 705. The Morgan fingerprint density at radius 2 is 1.87 bits per heavy atom. The van der Waals surface area contributed by atoms with E-state index in [2.05, 4.69) is 14.8 Å². The van der Waals surface area contributed by atoms with Gasteiger partial charge in [0.2, 0.25) is 5.95 Å². The van der Waals surface area contributed by atoms with Gasteiger partial charge in [0, 0.05) is 25.3 Å². The SMILES string of the molecule is NC1CN(c2ccccc2)c2nc(N3CCOCC3)nc(Cl)c21. The molecule has 0 saturated carbocycles. The lowest BCUT2D eigenvalue weighted by Crippen LogP contribution is -2.37. The molecule has 2 aliphatic heterocycles. The monoisotopic (exact) mass is 331 g/mol. The number of aromatic nitrogens is 2. The maximum atomic E-state index is 6.43. The molecule has 4 rings (SSSR count). The van der Waals surface area contributed by atoms with Crippen molar-refractivity contribution in [2.75, 3.05) is 42.6 Å². The van der Waals surface area contributed by atoms with Crippen LogP contribution in [0, 0.1) is 0 Å². The first kappa shape index (κ1) is 14.7. The molecule has 7 heteroatoms. The van der Waals surface area contributed by atoms with Crippen molar-refractivity contribution in [2.45, 2.75) is 6.04 Å². The van der Waals surface area contributed by atoms with Crippen LogP contribution in [0.15, 0.2) is 30.3 Å². The van der Waals surface area contributed by atoms with E-state index in [1.165, 1.54) is 0 Å². The van der Waals surface area contributed by atoms with E-state index in [0.29, 0.717) is 30.9 Å². The minimum absolute atomic E-state index is 0.184. The predicted molar refractivity (Wildman–Crippen MR) is 90.5 cm³/mol. The van der Waals surface area contributed by atoms with Crippen LogP contribution in [-0.4, -0.2) is 42.8 Å². The highest BCUT2D eigenvalue weighted by Crippen LogP contribution is 2.41. The summed E-state index contributed by atoms with van der Waals surface area (Å²) in [4.78, 5) is 13.4. The number of anilines is 3. The molecule has 23 heavy (non-hydrogen) atoms. The molecule has 1 unspecified atom stereocenters. The topological polar surface area (TPSA) is 67.5 Å². The Morgan fingerprint density at radius 3 is 2.61 bits per heavy atom. The number of nitrogens with two attached hydrogens (primary N) is 1. The molecule has 0 bridgehead atoms. The number of hydrogen-bond donors (Lipinski definition) is 1. The average Bonchev–Trinajstić information content (AvgIpc) is 2.94. The molecule has 0 aliphatic carbocycles. The molecule has 0 spiro atoms. The number of hydrogen-bond acceptors (Lipinski definition) is 6. The predicted octanol–water partition coefficient (Wildman–Crippen LogP) is 2.12. The van der Waals surface area contributed by atoms with Gasteiger partial charge in [0.15, 0.2) is 0 Å². The van der Waals surface area contributed by atoms with Gasteiger partial charge in [-0.05, 0) is 12.1 Å². The van der Waals surface area contributed by atoms with E-state index >= 15 is 0 Å². The van der Waals surface area contributed by atoms with Gasteiger partial charge in [-0.1, -0.05) is 29.8 Å². The molecule has 0 radical (unpaired) electrons. The van der Waals surface area contributed by atoms with Crippen molar-refractivity contribution in [3.63, 3.8) is 0 Å². The Balaban J connectivity index is 1.76. The summed E-state index contributed by atoms with van der Waals surface area (Å²) in [5.74, 6) is 1.46. The zero-order valence-electron chi connectivity index (χ0n) is 12.7.